The molecule has 0 atom stereocenters. The van der Waals surface area contributed by atoms with Crippen LogP contribution in [0.1, 0.15) is 122 Å². The summed E-state index contributed by atoms with van der Waals surface area (Å²) in [7, 11) is 0. The number of unbranched alkanes of at least 4 members (excludes halogenated alkanes) is 8. The number of amides is 7. The maximum atomic E-state index is 12.1. The summed E-state index contributed by atoms with van der Waals surface area (Å²) in [5.74, 6) is -2.06. The van der Waals surface area contributed by atoms with E-state index in [1.165, 1.54) is 6.92 Å². The summed E-state index contributed by atoms with van der Waals surface area (Å²) >= 11 is 0. The molecule has 0 saturated carbocycles. The third-order valence-corrected chi connectivity index (χ3v) is 7.78. The first-order valence-corrected chi connectivity index (χ1v) is 18.5. The van der Waals surface area contributed by atoms with E-state index in [-0.39, 0.29) is 81.2 Å². The fourth-order valence-corrected chi connectivity index (χ4v) is 4.70. The predicted octanol–water partition coefficient (Wildman–Crippen LogP) is 1.00. The second-order valence-corrected chi connectivity index (χ2v) is 12.4. The number of carbonyl (C=O) groups is 7. The molecule has 0 rings (SSSR count). The maximum Gasteiger partial charge on any atom is 0.246 e. The molecule has 0 aromatic carbocycles. The number of rotatable bonds is 32. The summed E-state index contributed by atoms with van der Waals surface area (Å²) in [5, 5.41) is 34.6. The molecule has 17 nitrogen and oxygen atoms in total. The van der Waals surface area contributed by atoms with E-state index in [9.17, 15) is 44.0 Å². The summed E-state index contributed by atoms with van der Waals surface area (Å²) < 4.78 is 0. The van der Waals surface area contributed by atoms with Crippen LogP contribution in [0.4, 0.5) is 0 Å². The van der Waals surface area contributed by atoms with Crippen LogP contribution >= 0.6 is 0 Å². The van der Waals surface area contributed by atoms with Crippen molar-refractivity contribution in [3.8, 4) is 0 Å². The monoisotopic (exact) mass is 728 g/mol. The van der Waals surface area contributed by atoms with Gasteiger partial charge in [0, 0.05) is 91.3 Å². The van der Waals surface area contributed by atoms with Gasteiger partial charge in [-0.05, 0) is 77.2 Å². The van der Waals surface area contributed by atoms with Crippen molar-refractivity contribution < 1.29 is 44.0 Å². The number of nitrogens with two attached hydrogens (primary N) is 1. The smallest absolute Gasteiger partial charge is 0.246 e. The van der Waals surface area contributed by atoms with Crippen LogP contribution in [0.2, 0.25) is 0 Å². The molecular weight excluding hydrogens is 664 g/mol. The SMILES string of the molecule is CC(=O)NCCCCCNC(=O)CCC(=O)N(O)CCCCCNC(=O)CCC(=O)NCCCCCNC(=O)CCC(=O)N(O)CCCCCN. The quantitative estimate of drug-likeness (QED) is 0.0277. The van der Waals surface area contributed by atoms with Gasteiger partial charge >= 0.3 is 0 Å². The fraction of sp³-hybridized carbons (Fsp3) is 0.794. The van der Waals surface area contributed by atoms with Gasteiger partial charge in [0.2, 0.25) is 41.4 Å². The fourth-order valence-electron chi connectivity index (χ4n) is 4.70. The summed E-state index contributed by atoms with van der Waals surface area (Å²) in [6, 6.07) is 0. The van der Waals surface area contributed by atoms with E-state index in [0.717, 1.165) is 38.5 Å². The molecule has 0 bridgehead atoms. The van der Waals surface area contributed by atoms with Gasteiger partial charge in [-0.15, -0.1) is 0 Å². The molecule has 0 aromatic heterocycles. The van der Waals surface area contributed by atoms with Gasteiger partial charge in [0.1, 0.15) is 0 Å². The number of nitrogens with zero attached hydrogens (tertiary/aromatic N) is 2. The van der Waals surface area contributed by atoms with E-state index in [1.54, 1.807) is 0 Å². The Morgan fingerprint density at radius 2 is 0.725 bits per heavy atom. The van der Waals surface area contributed by atoms with E-state index < -0.39 is 11.8 Å². The molecule has 0 aromatic rings. The topological polar surface area (TPSA) is 253 Å². The Morgan fingerprint density at radius 1 is 0.431 bits per heavy atom. The Kier molecular flexibility index (Phi) is 29.7. The van der Waals surface area contributed by atoms with Crippen molar-refractivity contribution in [2.45, 2.75) is 122 Å². The zero-order valence-corrected chi connectivity index (χ0v) is 30.6. The zero-order valence-electron chi connectivity index (χ0n) is 30.6. The molecule has 294 valence electrons. The average Bonchev–Trinajstić information content (AvgIpc) is 3.10. The maximum absolute atomic E-state index is 12.1. The van der Waals surface area contributed by atoms with Gasteiger partial charge in [0.05, 0.1) is 0 Å². The van der Waals surface area contributed by atoms with Gasteiger partial charge < -0.3 is 32.3 Å². The van der Waals surface area contributed by atoms with Crippen LogP contribution in [0.3, 0.4) is 0 Å². The van der Waals surface area contributed by atoms with E-state index >= 15 is 0 Å². The molecule has 0 saturated heterocycles. The first kappa shape index (κ1) is 47.2. The van der Waals surface area contributed by atoms with Crippen molar-refractivity contribution in [1.29, 1.82) is 0 Å². The highest BCUT2D eigenvalue weighted by molar-refractivity contribution is 5.84. The first-order valence-electron chi connectivity index (χ1n) is 18.5. The normalized spacial score (nSPS) is 10.6. The molecule has 0 aliphatic rings. The second kappa shape index (κ2) is 32.1. The Morgan fingerprint density at radius 3 is 1.06 bits per heavy atom. The Hall–Kier alpha value is -3.83. The molecule has 51 heavy (non-hydrogen) atoms. The Balaban J connectivity index is 3.69. The zero-order chi connectivity index (χ0) is 38.1. The summed E-state index contributed by atoms with van der Waals surface area (Å²) in [5.41, 5.74) is 5.41. The molecule has 0 fully saturated rings. The highest BCUT2D eigenvalue weighted by Crippen LogP contribution is 2.03. The molecule has 0 unspecified atom stereocenters. The van der Waals surface area contributed by atoms with Gasteiger partial charge in [0.15, 0.2) is 0 Å². The third kappa shape index (κ3) is 30.7. The van der Waals surface area contributed by atoms with Gasteiger partial charge in [-0.25, -0.2) is 10.1 Å². The van der Waals surface area contributed by atoms with Crippen molar-refractivity contribution in [1.82, 2.24) is 36.7 Å². The van der Waals surface area contributed by atoms with Crippen molar-refractivity contribution >= 4 is 41.4 Å². The minimum Gasteiger partial charge on any atom is -0.356 e. The molecular formula is C34H64N8O9. The molecule has 17 heteroatoms. The van der Waals surface area contributed by atoms with Crippen molar-refractivity contribution in [3.05, 3.63) is 0 Å². The van der Waals surface area contributed by atoms with Gasteiger partial charge in [-0.1, -0.05) is 6.42 Å². The van der Waals surface area contributed by atoms with E-state index in [4.69, 9.17) is 5.73 Å². The lowest BCUT2D eigenvalue weighted by atomic mass is 10.2. The highest BCUT2D eigenvalue weighted by atomic mass is 16.5. The van der Waals surface area contributed by atoms with Crippen LogP contribution in [0.15, 0.2) is 0 Å². The molecule has 0 aliphatic carbocycles. The van der Waals surface area contributed by atoms with Gasteiger partial charge in [-0.2, -0.15) is 0 Å². The molecule has 0 spiro atoms. The van der Waals surface area contributed by atoms with E-state index in [1.807, 2.05) is 0 Å². The lowest BCUT2D eigenvalue weighted by molar-refractivity contribution is -0.166. The summed E-state index contributed by atoms with van der Waals surface area (Å²) in [6.07, 6.45) is 8.76. The van der Waals surface area contributed by atoms with Gasteiger partial charge in [-0.3, -0.25) is 44.0 Å². The third-order valence-electron chi connectivity index (χ3n) is 7.78. The van der Waals surface area contributed by atoms with Crippen LogP contribution in [-0.4, -0.2) is 114 Å². The second-order valence-electron chi connectivity index (χ2n) is 12.4. The molecule has 0 heterocycles. The van der Waals surface area contributed by atoms with E-state index in [0.29, 0.717) is 87.9 Å². The van der Waals surface area contributed by atoms with Crippen molar-refractivity contribution in [3.63, 3.8) is 0 Å². The van der Waals surface area contributed by atoms with Crippen LogP contribution in [0.25, 0.3) is 0 Å². The van der Waals surface area contributed by atoms with Crippen molar-refractivity contribution in [2.75, 3.05) is 52.4 Å². The van der Waals surface area contributed by atoms with Crippen molar-refractivity contribution in [2.24, 2.45) is 5.73 Å². The standard InChI is InChI=1S/C34H64N8O9/c1-28(43)36-21-7-3-8-23-39-31(46)17-19-34(49)42(51)27-13-5-11-25-38-30(45)15-14-29(44)37-22-9-4-10-24-40-32(47)16-18-33(48)41(50)26-12-2-6-20-35/h50-51H,2-27,35H2,1H3,(H,36,43)(H,37,44)(H,38,45)(H,39,46)(H,40,47). The molecule has 0 radical (unpaired) electrons. The lowest BCUT2D eigenvalue weighted by Crippen LogP contribution is -2.31. The van der Waals surface area contributed by atoms with Gasteiger partial charge in [0.25, 0.3) is 0 Å². The summed E-state index contributed by atoms with van der Waals surface area (Å²) in [4.78, 5) is 82.6. The Bertz CT molecular complexity index is 1030. The number of hydrogen-bond acceptors (Lipinski definition) is 10. The number of hydroxylamine groups is 4. The van der Waals surface area contributed by atoms with Crippen LogP contribution in [0.5, 0.6) is 0 Å². The Labute approximate surface area is 302 Å². The largest absolute Gasteiger partial charge is 0.356 e. The number of nitrogens with one attached hydrogen (secondary N) is 5. The molecule has 7 amide bonds. The first-order chi connectivity index (χ1) is 24.5. The summed E-state index contributed by atoms with van der Waals surface area (Å²) in [6.45, 7) is 4.80. The van der Waals surface area contributed by atoms with E-state index in [2.05, 4.69) is 26.6 Å². The molecule has 0 aliphatic heterocycles. The average molecular weight is 729 g/mol. The lowest BCUT2D eigenvalue weighted by Gasteiger charge is -2.15. The minimum atomic E-state index is -0.529. The van der Waals surface area contributed by atoms with Crippen LogP contribution < -0.4 is 32.3 Å². The highest BCUT2D eigenvalue weighted by Gasteiger charge is 2.14. The predicted molar refractivity (Wildman–Crippen MR) is 190 cm³/mol. The number of carbonyl (C=O) groups excluding carboxylic acids is 7. The van der Waals surface area contributed by atoms with Crippen LogP contribution in [0, 0.1) is 0 Å². The number of hydrogen-bond donors (Lipinski definition) is 8. The minimum absolute atomic E-state index is 0.00338. The van der Waals surface area contributed by atoms with Crippen LogP contribution in [-0.2, 0) is 33.6 Å². The molecule has 9 N–H and O–H groups in total.